The second-order valence-corrected chi connectivity index (χ2v) is 8.38. The van der Waals surface area contributed by atoms with Crippen molar-refractivity contribution in [3.8, 4) is 5.75 Å². The van der Waals surface area contributed by atoms with Gasteiger partial charge in [0.05, 0.1) is 5.69 Å². The summed E-state index contributed by atoms with van der Waals surface area (Å²) in [5.74, 6) is 1.20. The van der Waals surface area contributed by atoms with E-state index in [1.165, 1.54) is 0 Å². The molecule has 2 unspecified atom stereocenters. The van der Waals surface area contributed by atoms with E-state index >= 15 is 0 Å². The highest BCUT2D eigenvalue weighted by molar-refractivity contribution is 6.02. The molecule has 3 aliphatic rings. The Balaban J connectivity index is 1.30. The highest BCUT2D eigenvalue weighted by atomic mass is 16.5. The smallest absolute Gasteiger partial charge is 0.265 e. The summed E-state index contributed by atoms with van der Waals surface area (Å²) in [5, 5.41) is 6.13. The van der Waals surface area contributed by atoms with Gasteiger partial charge >= 0.3 is 0 Å². The Morgan fingerprint density at radius 2 is 2.00 bits per heavy atom. The Kier molecular flexibility index (Phi) is 5.85. The van der Waals surface area contributed by atoms with Crippen molar-refractivity contribution in [2.45, 2.75) is 45.1 Å². The molecule has 2 atom stereocenters. The van der Waals surface area contributed by atoms with Crippen LogP contribution in [0.15, 0.2) is 18.2 Å². The predicted molar refractivity (Wildman–Crippen MR) is 109 cm³/mol. The van der Waals surface area contributed by atoms with Crippen LogP contribution in [0.25, 0.3) is 0 Å². The minimum atomic E-state index is -0.532. The van der Waals surface area contributed by atoms with Crippen molar-refractivity contribution < 1.29 is 19.1 Å². The lowest BCUT2D eigenvalue weighted by Gasteiger charge is -2.32. The van der Waals surface area contributed by atoms with Crippen molar-refractivity contribution in [1.29, 1.82) is 0 Å². The van der Waals surface area contributed by atoms with Crippen LogP contribution in [0.5, 0.6) is 5.75 Å². The zero-order valence-electron chi connectivity index (χ0n) is 16.9. The highest BCUT2D eigenvalue weighted by Crippen LogP contribution is 2.32. The summed E-state index contributed by atoms with van der Waals surface area (Å²) < 4.78 is 5.55. The molecule has 0 spiro atoms. The third-order valence-corrected chi connectivity index (χ3v) is 6.34. The number of piperidine rings is 1. The number of benzene rings is 1. The number of ketones is 1. The second-order valence-electron chi connectivity index (χ2n) is 8.38. The number of ether oxygens (including phenoxy) is 1. The van der Waals surface area contributed by atoms with Crippen LogP contribution in [0, 0.1) is 11.8 Å². The number of hydrogen-bond donors (Lipinski definition) is 2. The van der Waals surface area contributed by atoms with Gasteiger partial charge in [-0.3, -0.25) is 14.4 Å². The SMILES string of the molecule is CC1Oc2ccc(C(=O)C3CCN(C(=O)CCC4CCNC4)CC3)cc2NC1=O. The predicted octanol–water partition coefficient (Wildman–Crippen LogP) is 2.22. The van der Waals surface area contributed by atoms with E-state index in [1.54, 1.807) is 25.1 Å². The molecular formula is C22H29N3O4. The Bertz CT molecular complexity index is 795. The van der Waals surface area contributed by atoms with E-state index in [-0.39, 0.29) is 23.5 Å². The van der Waals surface area contributed by atoms with Crippen LogP contribution < -0.4 is 15.4 Å². The van der Waals surface area contributed by atoms with Crippen molar-refractivity contribution in [3.05, 3.63) is 23.8 Å². The van der Waals surface area contributed by atoms with Gasteiger partial charge in [-0.15, -0.1) is 0 Å². The van der Waals surface area contributed by atoms with Crippen molar-refractivity contribution in [2.75, 3.05) is 31.5 Å². The molecule has 156 valence electrons. The van der Waals surface area contributed by atoms with E-state index in [2.05, 4.69) is 10.6 Å². The summed E-state index contributed by atoms with van der Waals surface area (Å²) in [6.07, 6.45) is 3.56. The van der Waals surface area contributed by atoms with Crippen LogP contribution in [-0.2, 0) is 9.59 Å². The summed E-state index contributed by atoms with van der Waals surface area (Å²) in [6.45, 7) is 5.05. The van der Waals surface area contributed by atoms with Gasteiger partial charge in [0.2, 0.25) is 5.91 Å². The molecule has 29 heavy (non-hydrogen) atoms. The molecular weight excluding hydrogens is 370 g/mol. The Labute approximate surface area is 171 Å². The molecule has 3 heterocycles. The van der Waals surface area contributed by atoms with E-state index in [1.807, 2.05) is 4.90 Å². The molecule has 4 rings (SSSR count). The van der Waals surface area contributed by atoms with Gasteiger partial charge < -0.3 is 20.3 Å². The van der Waals surface area contributed by atoms with E-state index in [4.69, 9.17) is 4.74 Å². The van der Waals surface area contributed by atoms with Gasteiger partial charge in [-0.1, -0.05) is 0 Å². The molecule has 0 aromatic heterocycles. The molecule has 2 fully saturated rings. The number of amides is 2. The lowest BCUT2D eigenvalue weighted by Crippen LogP contribution is -2.40. The van der Waals surface area contributed by atoms with Crippen LogP contribution in [0.3, 0.4) is 0 Å². The standard InChI is InChI=1S/C22H29N3O4/c1-14-22(28)24-18-12-17(3-4-19(18)29-14)21(27)16-7-10-25(11-8-16)20(26)5-2-15-6-9-23-13-15/h3-4,12,14-16,23H,2,5-11,13H2,1H3,(H,24,28). The number of nitrogens with zero attached hydrogens (tertiary/aromatic N) is 1. The van der Waals surface area contributed by atoms with E-state index in [9.17, 15) is 14.4 Å². The second kappa shape index (κ2) is 8.53. The number of likely N-dealkylation sites (tertiary alicyclic amines) is 1. The van der Waals surface area contributed by atoms with Crippen LogP contribution in [0.4, 0.5) is 5.69 Å². The molecule has 0 aliphatic carbocycles. The van der Waals surface area contributed by atoms with Crippen molar-refractivity contribution >= 4 is 23.3 Å². The molecule has 7 heteroatoms. The van der Waals surface area contributed by atoms with E-state index in [0.717, 1.165) is 25.9 Å². The summed E-state index contributed by atoms with van der Waals surface area (Å²) in [6, 6.07) is 5.21. The van der Waals surface area contributed by atoms with Crippen LogP contribution >= 0.6 is 0 Å². The molecule has 0 saturated carbocycles. The first-order valence-corrected chi connectivity index (χ1v) is 10.7. The number of Topliss-reactive ketones (excluding diaryl/α,β-unsaturated/α-hetero) is 1. The number of carbonyl (C=O) groups is 3. The van der Waals surface area contributed by atoms with Gasteiger partial charge in [-0.25, -0.2) is 0 Å². The summed E-state index contributed by atoms with van der Waals surface area (Å²) >= 11 is 0. The average molecular weight is 399 g/mol. The third kappa shape index (κ3) is 4.45. The number of nitrogens with one attached hydrogen (secondary N) is 2. The zero-order chi connectivity index (χ0) is 20.4. The molecule has 1 aromatic rings. The van der Waals surface area contributed by atoms with Gasteiger partial charge in [0, 0.05) is 31.0 Å². The molecule has 3 aliphatic heterocycles. The van der Waals surface area contributed by atoms with E-state index < -0.39 is 6.10 Å². The first-order valence-electron chi connectivity index (χ1n) is 10.7. The lowest BCUT2D eigenvalue weighted by molar-refractivity contribution is -0.132. The number of carbonyl (C=O) groups excluding carboxylic acids is 3. The molecule has 0 radical (unpaired) electrons. The van der Waals surface area contributed by atoms with Gasteiger partial charge in [0.1, 0.15) is 5.75 Å². The van der Waals surface area contributed by atoms with E-state index in [0.29, 0.717) is 55.3 Å². The minimum absolute atomic E-state index is 0.0739. The number of hydrogen-bond acceptors (Lipinski definition) is 5. The van der Waals surface area contributed by atoms with Gasteiger partial charge in [0.15, 0.2) is 11.9 Å². The topological polar surface area (TPSA) is 87.7 Å². The Morgan fingerprint density at radius 3 is 2.72 bits per heavy atom. The Morgan fingerprint density at radius 1 is 1.21 bits per heavy atom. The first kappa shape index (κ1) is 19.9. The van der Waals surface area contributed by atoms with Crippen LogP contribution in [-0.4, -0.2) is 54.8 Å². The molecule has 2 N–H and O–H groups in total. The summed E-state index contributed by atoms with van der Waals surface area (Å²) in [7, 11) is 0. The van der Waals surface area contributed by atoms with Crippen molar-refractivity contribution in [3.63, 3.8) is 0 Å². The molecule has 7 nitrogen and oxygen atoms in total. The van der Waals surface area contributed by atoms with Gasteiger partial charge in [-0.2, -0.15) is 0 Å². The quantitative estimate of drug-likeness (QED) is 0.742. The first-order chi connectivity index (χ1) is 14.0. The maximum Gasteiger partial charge on any atom is 0.265 e. The van der Waals surface area contributed by atoms with Crippen LogP contribution in [0.1, 0.15) is 49.4 Å². The zero-order valence-corrected chi connectivity index (χ0v) is 16.9. The number of rotatable bonds is 5. The Hall–Kier alpha value is -2.41. The fourth-order valence-corrected chi connectivity index (χ4v) is 4.44. The monoisotopic (exact) mass is 399 g/mol. The maximum absolute atomic E-state index is 12.9. The van der Waals surface area contributed by atoms with Crippen LogP contribution in [0.2, 0.25) is 0 Å². The third-order valence-electron chi connectivity index (χ3n) is 6.34. The fraction of sp³-hybridized carbons (Fsp3) is 0.591. The highest BCUT2D eigenvalue weighted by Gasteiger charge is 2.30. The molecule has 1 aromatic carbocycles. The molecule has 0 bridgehead atoms. The summed E-state index contributed by atoms with van der Waals surface area (Å²) in [5.41, 5.74) is 1.13. The lowest BCUT2D eigenvalue weighted by atomic mass is 9.88. The number of fused-ring (bicyclic) bond motifs is 1. The molecule has 2 amide bonds. The minimum Gasteiger partial charge on any atom is -0.479 e. The number of anilines is 1. The van der Waals surface area contributed by atoms with Crippen molar-refractivity contribution in [1.82, 2.24) is 10.2 Å². The maximum atomic E-state index is 12.9. The van der Waals surface area contributed by atoms with Gasteiger partial charge in [0.25, 0.3) is 5.91 Å². The summed E-state index contributed by atoms with van der Waals surface area (Å²) in [4.78, 5) is 39.2. The van der Waals surface area contributed by atoms with Crippen molar-refractivity contribution in [2.24, 2.45) is 11.8 Å². The average Bonchev–Trinajstić information content (AvgIpc) is 3.26. The normalized spacial score (nSPS) is 24.6. The molecule has 2 saturated heterocycles. The largest absolute Gasteiger partial charge is 0.479 e. The van der Waals surface area contributed by atoms with Gasteiger partial charge in [-0.05, 0) is 69.8 Å². The fourth-order valence-electron chi connectivity index (χ4n) is 4.44.